The second-order valence-corrected chi connectivity index (χ2v) is 9.55. The van der Waals surface area contributed by atoms with Gasteiger partial charge in [-0.2, -0.15) is 0 Å². The third-order valence-electron chi connectivity index (χ3n) is 7.51. The Hall–Kier alpha value is -1.97. The summed E-state index contributed by atoms with van der Waals surface area (Å²) in [5.74, 6) is 3.08. The molecule has 4 aliphatic carbocycles. The quantitative estimate of drug-likeness (QED) is 0.833. The highest BCUT2D eigenvalue weighted by molar-refractivity contribution is 5.76. The first kappa shape index (κ1) is 17.2. The molecule has 27 heavy (non-hydrogen) atoms. The van der Waals surface area contributed by atoms with E-state index in [-0.39, 0.29) is 6.03 Å². The number of amides is 2. The summed E-state index contributed by atoms with van der Waals surface area (Å²) >= 11 is 0. The lowest BCUT2D eigenvalue weighted by Crippen LogP contribution is -2.53. The van der Waals surface area contributed by atoms with E-state index in [9.17, 15) is 9.90 Å². The van der Waals surface area contributed by atoms with Crippen LogP contribution in [0.4, 0.5) is 4.79 Å². The zero-order valence-electron chi connectivity index (χ0n) is 16.0. The summed E-state index contributed by atoms with van der Waals surface area (Å²) in [7, 11) is 0. The molecular weight excluding hydrogens is 336 g/mol. The number of phenolic OH excluding ortho intramolecular Hbond substituents is 1. The lowest BCUT2D eigenvalue weighted by molar-refractivity contribution is -0.0502. The number of phenols is 1. The summed E-state index contributed by atoms with van der Waals surface area (Å²) in [5.41, 5.74) is 2.80. The average molecular weight is 367 g/mol. The molecule has 4 bridgehead atoms. The third-order valence-corrected chi connectivity index (χ3v) is 7.51. The molecule has 0 aromatic heterocycles. The van der Waals surface area contributed by atoms with Crippen molar-refractivity contribution in [1.29, 1.82) is 0 Å². The van der Waals surface area contributed by atoms with Gasteiger partial charge in [0.2, 0.25) is 0 Å². The first-order chi connectivity index (χ1) is 13.1. The van der Waals surface area contributed by atoms with Crippen molar-refractivity contribution in [3.63, 3.8) is 0 Å². The predicted octanol–water partition coefficient (Wildman–Crippen LogP) is 4.41. The van der Waals surface area contributed by atoms with Gasteiger partial charge in [0.1, 0.15) is 5.75 Å². The molecular formula is C23H30N2O2. The van der Waals surface area contributed by atoms with Crippen LogP contribution in [0.2, 0.25) is 0 Å². The fraction of sp³-hybridized carbons (Fsp3) is 0.609. The van der Waals surface area contributed by atoms with Crippen molar-refractivity contribution >= 4 is 11.6 Å². The lowest BCUT2D eigenvalue weighted by Gasteiger charge is -2.57. The zero-order valence-corrected chi connectivity index (χ0v) is 16.0. The number of hydrogen-bond acceptors (Lipinski definition) is 2. The van der Waals surface area contributed by atoms with Crippen LogP contribution >= 0.6 is 0 Å². The van der Waals surface area contributed by atoms with E-state index in [4.69, 9.17) is 0 Å². The van der Waals surface area contributed by atoms with Gasteiger partial charge >= 0.3 is 6.03 Å². The number of carbonyl (C=O) groups is 1. The molecule has 1 aliphatic heterocycles. The average Bonchev–Trinajstić information content (AvgIpc) is 2.66. The Kier molecular flexibility index (Phi) is 4.18. The van der Waals surface area contributed by atoms with Crippen LogP contribution in [0.15, 0.2) is 30.3 Å². The Morgan fingerprint density at radius 3 is 2.26 bits per heavy atom. The van der Waals surface area contributed by atoms with Gasteiger partial charge in [-0.25, -0.2) is 4.79 Å². The van der Waals surface area contributed by atoms with Crippen LogP contribution in [0.3, 0.4) is 0 Å². The highest BCUT2D eigenvalue weighted by Crippen LogP contribution is 2.59. The molecule has 4 nitrogen and oxygen atoms in total. The molecule has 0 saturated heterocycles. The molecule has 4 heteroatoms. The maximum absolute atomic E-state index is 12.7. The molecule has 1 aromatic carbocycles. The molecule has 0 spiro atoms. The van der Waals surface area contributed by atoms with Gasteiger partial charge in [0, 0.05) is 19.6 Å². The number of hydrogen-bond donors (Lipinski definition) is 2. The van der Waals surface area contributed by atoms with Crippen LogP contribution in [-0.2, 0) is 0 Å². The van der Waals surface area contributed by atoms with E-state index in [1.807, 2.05) is 17.0 Å². The zero-order chi connectivity index (χ0) is 18.4. The van der Waals surface area contributed by atoms with Gasteiger partial charge < -0.3 is 15.3 Å². The van der Waals surface area contributed by atoms with Crippen LogP contribution in [-0.4, -0.2) is 35.7 Å². The van der Waals surface area contributed by atoms with Crippen LogP contribution in [0, 0.1) is 23.2 Å². The number of rotatable bonds is 3. The van der Waals surface area contributed by atoms with E-state index < -0.39 is 0 Å². The fourth-order valence-electron chi connectivity index (χ4n) is 6.67. The molecule has 0 radical (unpaired) electrons. The summed E-state index contributed by atoms with van der Waals surface area (Å²) in [6.45, 7) is 2.31. The van der Waals surface area contributed by atoms with Gasteiger partial charge in [-0.05, 0) is 91.4 Å². The van der Waals surface area contributed by atoms with Crippen molar-refractivity contribution in [2.45, 2.75) is 44.9 Å². The molecule has 6 rings (SSSR count). The van der Waals surface area contributed by atoms with Gasteiger partial charge in [0.05, 0.1) is 0 Å². The van der Waals surface area contributed by atoms with E-state index in [0.29, 0.717) is 17.7 Å². The van der Waals surface area contributed by atoms with Crippen molar-refractivity contribution in [3.05, 3.63) is 35.9 Å². The van der Waals surface area contributed by atoms with Crippen molar-refractivity contribution in [1.82, 2.24) is 10.2 Å². The SMILES string of the molecule is O=C(NCC12CC3CC(CC(C3)C1)C2)N1CC=C(c2ccc(O)cc2)CC1. The Balaban J connectivity index is 1.17. The third kappa shape index (κ3) is 3.35. The monoisotopic (exact) mass is 366 g/mol. The highest BCUT2D eigenvalue weighted by Gasteiger charge is 2.50. The smallest absolute Gasteiger partial charge is 0.317 e. The molecule has 2 amide bonds. The van der Waals surface area contributed by atoms with Crippen molar-refractivity contribution in [2.75, 3.05) is 19.6 Å². The summed E-state index contributed by atoms with van der Waals surface area (Å²) in [6.07, 6.45) is 11.4. The fourth-order valence-corrected chi connectivity index (χ4v) is 6.67. The standard InChI is InChI=1S/C23H30N2O2/c26-21-3-1-19(2-4-21)20-5-7-25(8-6-20)22(27)24-15-23-12-16-9-17(13-23)11-18(10-16)14-23/h1-5,16-18,26H,6-15H2,(H,24,27). The van der Waals surface area contributed by atoms with Gasteiger partial charge in [0.15, 0.2) is 0 Å². The van der Waals surface area contributed by atoms with Gasteiger partial charge in [-0.15, -0.1) is 0 Å². The van der Waals surface area contributed by atoms with Gasteiger partial charge in [-0.1, -0.05) is 18.2 Å². The molecule has 144 valence electrons. The van der Waals surface area contributed by atoms with Crippen LogP contribution < -0.4 is 5.32 Å². The topological polar surface area (TPSA) is 52.6 Å². The van der Waals surface area contributed by atoms with Crippen molar-refractivity contribution in [3.8, 4) is 5.75 Å². The van der Waals surface area contributed by atoms with Gasteiger partial charge in [0.25, 0.3) is 0 Å². The molecule has 1 heterocycles. The Labute approximate surface area is 161 Å². The summed E-state index contributed by atoms with van der Waals surface area (Å²) < 4.78 is 0. The minimum Gasteiger partial charge on any atom is -0.508 e. The number of nitrogens with one attached hydrogen (secondary N) is 1. The van der Waals surface area contributed by atoms with Gasteiger partial charge in [-0.3, -0.25) is 0 Å². The minimum atomic E-state index is 0.103. The Morgan fingerprint density at radius 1 is 1.07 bits per heavy atom. The molecule has 0 unspecified atom stereocenters. The molecule has 0 atom stereocenters. The number of nitrogens with zero attached hydrogens (tertiary/aromatic N) is 1. The predicted molar refractivity (Wildman–Crippen MR) is 106 cm³/mol. The number of carbonyl (C=O) groups excluding carboxylic acids is 1. The minimum absolute atomic E-state index is 0.103. The maximum Gasteiger partial charge on any atom is 0.317 e. The highest BCUT2D eigenvalue weighted by atomic mass is 16.3. The van der Waals surface area contributed by atoms with Crippen molar-refractivity contribution in [2.24, 2.45) is 23.2 Å². The Bertz CT molecular complexity index is 717. The Morgan fingerprint density at radius 2 is 1.70 bits per heavy atom. The molecule has 2 N–H and O–H groups in total. The molecule has 5 aliphatic rings. The summed E-state index contributed by atoms with van der Waals surface area (Å²) in [6, 6.07) is 7.45. The normalized spacial score (nSPS) is 34.4. The summed E-state index contributed by atoms with van der Waals surface area (Å²) in [5, 5.41) is 12.7. The van der Waals surface area contributed by atoms with Crippen LogP contribution in [0.1, 0.15) is 50.5 Å². The number of aromatic hydroxyl groups is 1. The first-order valence-corrected chi connectivity index (χ1v) is 10.6. The van der Waals surface area contributed by atoms with E-state index in [1.165, 1.54) is 44.1 Å². The van der Waals surface area contributed by atoms with E-state index >= 15 is 0 Å². The molecule has 1 aromatic rings. The number of urea groups is 1. The second-order valence-electron chi connectivity index (χ2n) is 9.55. The first-order valence-electron chi connectivity index (χ1n) is 10.6. The number of benzene rings is 1. The molecule has 4 fully saturated rings. The summed E-state index contributed by atoms with van der Waals surface area (Å²) in [4.78, 5) is 14.7. The van der Waals surface area contributed by atoms with E-state index in [0.717, 1.165) is 42.8 Å². The van der Waals surface area contributed by atoms with E-state index in [1.54, 1.807) is 12.1 Å². The van der Waals surface area contributed by atoms with Crippen LogP contribution in [0.25, 0.3) is 5.57 Å². The molecule has 4 saturated carbocycles. The van der Waals surface area contributed by atoms with Crippen LogP contribution in [0.5, 0.6) is 5.75 Å². The van der Waals surface area contributed by atoms with Crippen molar-refractivity contribution < 1.29 is 9.90 Å². The maximum atomic E-state index is 12.7. The largest absolute Gasteiger partial charge is 0.508 e. The van der Waals surface area contributed by atoms with E-state index in [2.05, 4.69) is 11.4 Å². The second kappa shape index (κ2) is 6.57. The lowest BCUT2D eigenvalue weighted by atomic mass is 9.49.